The van der Waals surface area contributed by atoms with E-state index in [2.05, 4.69) is 0 Å². The van der Waals surface area contributed by atoms with E-state index in [1.165, 1.54) is 9.44 Å². The van der Waals surface area contributed by atoms with Gasteiger partial charge in [-0.3, -0.25) is 14.2 Å². The van der Waals surface area contributed by atoms with Crippen molar-refractivity contribution in [2.45, 2.75) is 45.6 Å². The van der Waals surface area contributed by atoms with Gasteiger partial charge in [0.1, 0.15) is 17.2 Å². The van der Waals surface area contributed by atoms with Gasteiger partial charge in [0.25, 0.3) is 5.56 Å². The number of fused-ring (bicyclic) bond motifs is 3. The fourth-order valence-corrected chi connectivity index (χ4v) is 5.74. The molecule has 0 amide bonds. The summed E-state index contributed by atoms with van der Waals surface area (Å²) < 4.78 is 7.01. The summed E-state index contributed by atoms with van der Waals surface area (Å²) in [6, 6.07) is 17.8. The first-order valence-electron chi connectivity index (χ1n) is 11.4. The molecule has 0 N–H and O–H groups in total. The molecule has 0 saturated carbocycles. The molecule has 0 radical (unpaired) electrons. The summed E-state index contributed by atoms with van der Waals surface area (Å²) in [7, 11) is 0. The van der Waals surface area contributed by atoms with Crippen LogP contribution in [0.3, 0.4) is 0 Å². The first kappa shape index (κ1) is 21.6. The van der Waals surface area contributed by atoms with E-state index in [0.717, 1.165) is 52.8 Å². The molecule has 1 aliphatic carbocycles. The summed E-state index contributed by atoms with van der Waals surface area (Å²) in [4.78, 5) is 33.4. The predicted octanol–water partition coefficient (Wildman–Crippen LogP) is 5.10. The van der Waals surface area contributed by atoms with Gasteiger partial charge in [0.2, 0.25) is 0 Å². The summed E-state index contributed by atoms with van der Waals surface area (Å²) >= 11 is 1.63. The Morgan fingerprint density at radius 3 is 2.73 bits per heavy atom. The molecule has 168 valence electrons. The normalized spacial score (nSPS) is 13.1. The SMILES string of the molecule is Cc1cccc(-c2nc3sc4c(c3c(=O)n2CC(=O)OCCc2ccccc2)CCCC4)c1. The summed E-state index contributed by atoms with van der Waals surface area (Å²) in [6.07, 6.45) is 4.77. The molecule has 2 heterocycles. The Bertz CT molecular complexity index is 1370. The number of rotatable bonds is 6. The van der Waals surface area contributed by atoms with Crippen molar-refractivity contribution < 1.29 is 9.53 Å². The number of aromatic nitrogens is 2. The van der Waals surface area contributed by atoms with Crippen LogP contribution in [0.25, 0.3) is 21.6 Å². The zero-order valence-electron chi connectivity index (χ0n) is 18.7. The van der Waals surface area contributed by atoms with E-state index in [4.69, 9.17) is 9.72 Å². The van der Waals surface area contributed by atoms with Crippen molar-refractivity contribution in [3.8, 4) is 11.4 Å². The number of carbonyl (C=O) groups excluding carboxylic acids is 1. The van der Waals surface area contributed by atoms with Crippen molar-refractivity contribution >= 4 is 27.5 Å². The van der Waals surface area contributed by atoms with E-state index in [0.29, 0.717) is 17.6 Å². The summed E-state index contributed by atoms with van der Waals surface area (Å²) in [5.74, 6) is 0.0991. The molecule has 2 aromatic heterocycles. The van der Waals surface area contributed by atoms with Gasteiger partial charge >= 0.3 is 5.97 Å². The fraction of sp³-hybridized carbons (Fsp3) is 0.296. The molecular weight excluding hydrogens is 432 g/mol. The second-order valence-corrected chi connectivity index (χ2v) is 9.63. The lowest BCUT2D eigenvalue weighted by molar-refractivity contribution is -0.144. The highest BCUT2D eigenvalue weighted by atomic mass is 32.1. The minimum atomic E-state index is -0.424. The van der Waals surface area contributed by atoms with Gasteiger partial charge in [0, 0.05) is 16.9 Å². The number of ether oxygens (including phenoxy) is 1. The molecule has 6 heteroatoms. The highest BCUT2D eigenvalue weighted by Crippen LogP contribution is 2.34. The molecule has 33 heavy (non-hydrogen) atoms. The highest BCUT2D eigenvalue weighted by molar-refractivity contribution is 7.18. The first-order valence-corrected chi connectivity index (χ1v) is 12.2. The molecule has 0 atom stereocenters. The third-order valence-electron chi connectivity index (χ3n) is 6.13. The quantitative estimate of drug-likeness (QED) is 0.377. The summed E-state index contributed by atoms with van der Waals surface area (Å²) in [6.45, 7) is 2.14. The van der Waals surface area contributed by atoms with Crippen molar-refractivity contribution in [2.24, 2.45) is 0 Å². The molecular formula is C27H26N2O3S. The van der Waals surface area contributed by atoms with Crippen LogP contribution >= 0.6 is 11.3 Å². The average Bonchev–Trinajstić information content (AvgIpc) is 3.20. The van der Waals surface area contributed by atoms with E-state index in [9.17, 15) is 9.59 Å². The standard InChI is InChI=1S/C27H26N2O3S/c1-18-8-7-11-20(16-18)25-28-26-24(21-12-5-6-13-22(21)33-26)27(31)29(25)17-23(30)32-15-14-19-9-3-2-4-10-19/h2-4,7-11,16H,5-6,12-15,17H2,1H3. The lowest BCUT2D eigenvalue weighted by Gasteiger charge is -2.14. The number of carbonyl (C=O) groups is 1. The lowest BCUT2D eigenvalue weighted by atomic mass is 9.97. The number of aryl methyl sites for hydroxylation is 3. The van der Waals surface area contributed by atoms with Gasteiger partial charge in [-0.25, -0.2) is 4.98 Å². The monoisotopic (exact) mass is 458 g/mol. The highest BCUT2D eigenvalue weighted by Gasteiger charge is 2.23. The van der Waals surface area contributed by atoms with Gasteiger partial charge in [0.05, 0.1) is 12.0 Å². The van der Waals surface area contributed by atoms with Crippen LogP contribution in [-0.4, -0.2) is 22.1 Å². The molecule has 5 rings (SSSR count). The van der Waals surface area contributed by atoms with E-state index in [1.807, 2.05) is 61.5 Å². The number of thiophene rings is 1. The van der Waals surface area contributed by atoms with Gasteiger partial charge in [-0.1, -0.05) is 54.1 Å². The molecule has 0 bridgehead atoms. The van der Waals surface area contributed by atoms with Crippen molar-refractivity contribution in [1.29, 1.82) is 0 Å². The fourth-order valence-electron chi connectivity index (χ4n) is 4.49. The van der Waals surface area contributed by atoms with Gasteiger partial charge in [0.15, 0.2) is 0 Å². The topological polar surface area (TPSA) is 61.2 Å². The Hall–Kier alpha value is -3.25. The number of hydrogen-bond donors (Lipinski definition) is 0. The predicted molar refractivity (Wildman–Crippen MR) is 132 cm³/mol. The third-order valence-corrected chi connectivity index (χ3v) is 7.32. The largest absolute Gasteiger partial charge is 0.464 e. The molecule has 4 aromatic rings. The Kier molecular flexibility index (Phi) is 6.09. The van der Waals surface area contributed by atoms with E-state index >= 15 is 0 Å². The van der Waals surface area contributed by atoms with Crippen molar-refractivity contribution in [3.05, 3.63) is 86.5 Å². The Morgan fingerprint density at radius 2 is 1.91 bits per heavy atom. The lowest BCUT2D eigenvalue weighted by Crippen LogP contribution is -2.28. The van der Waals surface area contributed by atoms with Crippen molar-refractivity contribution in [2.75, 3.05) is 6.61 Å². The summed E-state index contributed by atoms with van der Waals surface area (Å²) in [5.41, 5.74) is 3.99. The second kappa shape index (κ2) is 9.32. The van der Waals surface area contributed by atoms with Crippen LogP contribution in [0, 0.1) is 6.92 Å². The smallest absolute Gasteiger partial charge is 0.326 e. The van der Waals surface area contributed by atoms with E-state index < -0.39 is 5.97 Å². The van der Waals surface area contributed by atoms with E-state index in [-0.39, 0.29) is 18.7 Å². The molecule has 0 spiro atoms. The number of hydrogen-bond acceptors (Lipinski definition) is 5. The van der Waals surface area contributed by atoms with Crippen LogP contribution in [0.15, 0.2) is 59.4 Å². The number of benzene rings is 2. The minimum absolute atomic E-state index is 0.143. The van der Waals surface area contributed by atoms with Gasteiger partial charge in [-0.05, 0) is 49.8 Å². The maximum atomic E-state index is 13.7. The van der Waals surface area contributed by atoms with Gasteiger partial charge < -0.3 is 4.74 Å². The zero-order valence-corrected chi connectivity index (χ0v) is 19.5. The maximum absolute atomic E-state index is 13.7. The second-order valence-electron chi connectivity index (χ2n) is 8.54. The number of nitrogens with zero attached hydrogens (tertiary/aromatic N) is 2. The minimum Gasteiger partial charge on any atom is -0.464 e. The van der Waals surface area contributed by atoms with Crippen LogP contribution in [0.1, 0.15) is 34.4 Å². The Labute approximate surface area is 196 Å². The van der Waals surface area contributed by atoms with Crippen LogP contribution in [0.4, 0.5) is 0 Å². The molecule has 2 aromatic carbocycles. The van der Waals surface area contributed by atoms with Gasteiger partial charge in [-0.15, -0.1) is 11.3 Å². The van der Waals surface area contributed by atoms with E-state index in [1.54, 1.807) is 11.3 Å². The van der Waals surface area contributed by atoms with Crippen LogP contribution in [0.2, 0.25) is 0 Å². The average molecular weight is 459 g/mol. The van der Waals surface area contributed by atoms with Crippen LogP contribution in [-0.2, 0) is 35.3 Å². The molecule has 1 aliphatic rings. The van der Waals surface area contributed by atoms with Gasteiger partial charge in [-0.2, -0.15) is 0 Å². The maximum Gasteiger partial charge on any atom is 0.326 e. The summed E-state index contributed by atoms with van der Waals surface area (Å²) in [5, 5.41) is 0.684. The van der Waals surface area contributed by atoms with Crippen molar-refractivity contribution in [1.82, 2.24) is 9.55 Å². The zero-order chi connectivity index (χ0) is 22.8. The Morgan fingerprint density at radius 1 is 1.09 bits per heavy atom. The Balaban J connectivity index is 1.50. The number of esters is 1. The third kappa shape index (κ3) is 4.48. The first-order chi connectivity index (χ1) is 16.1. The molecule has 0 fully saturated rings. The van der Waals surface area contributed by atoms with Crippen LogP contribution in [0.5, 0.6) is 0 Å². The molecule has 0 saturated heterocycles. The molecule has 5 nitrogen and oxygen atoms in total. The molecule has 0 aliphatic heterocycles. The van der Waals surface area contributed by atoms with Crippen molar-refractivity contribution in [3.63, 3.8) is 0 Å². The molecule has 0 unspecified atom stereocenters. The van der Waals surface area contributed by atoms with Crippen LogP contribution < -0.4 is 5.56 Å².